The number of aliphatic hydroxyl groups excluding tert-OH is 1. The van der Waals surface area contributed by atoms with E-state index in [0.29, 0.717) is 26.1 Å². The molecule has 4 aliphatic heterocycles. The molecule has 0 aromatic carbocycles. The summed E-state index contributed by atoms with van der Waals surface area (Å²) in [6.45, 7) is 7.00. The Bertz CT molecular complexity index is 854. The van der Waals surface area contributed by atoms with E-state index < -0.39 is 41.6 Å². The highest BCUT2D eigenvalue weighted by Gasteiger charge is 2.72. The molecule has 1 spiro atoms. The summed E-state index contributed by atoms with van der Waals surface area (Å²) < 4.78 is 12.1. The van der Waals surface area contributed by atoms with E-state index in [1.807, 2.05) is 38.2 Å². The normalized spacial score (nSPS) is 35.1. The standard InChI is InChI=1S/C26H38N2O6/c1-4-5-8-13-27-14-10-12-26-21(20-19(34-26)11-7-6-9-15-33-25(20)32)23(30)28(22(26)24(27)31)18(16-29)17(2)3/h7,10-12,17-22,29H,4-6,8-9,13-16H2,1-3H3/b11-7-/t18-,19+,20-,21-,22?,26-/m0/s1. The van der Waals surface area contributed by atoms with Crippen LogP contribution in [-0.2, 0) is 23.9 Å². The number of amides is 2. The number of cyclic esters (lactones) is 1. The van der Waals surface area contributed by atoms with E-state index in [0.717, 1.165) is 25.7 Å². The van der Waals surface area contributed by atoms with E-state index in [4.69, 9.17) is 9.47 Å². The highest BCUT2D eigenvalue weighted by molar-refractivity contribution is 5.99. The average molecular weight is 475 g/mol. The SMILES string of the molecule is CCCCCN1CC=C[C@]23O[C@@H]4/C=C\CCCOC(=O)[C@@H]4[C@H]2C(=O)N([C@@H](CO)C(C)C)C3C1=O. The third-order valence-corrected chi connectivity index (χ3v) is 7.72. The smallest absolute Gasteiger partial charge is 0.312 e. The van der Waals surface area contributed by atoms with E-state index in [-0.39, 0.29) is 24.3 Å². The van der Waals surface area contributed by atoms with Crippen LogP contribution in [0.25, 0.3) is 0 Å². The second kappa shape index (κ2) is 10.2. The predicted molar refractivity (Wildman–Crippen MR) is 126 cm³/mol. The van der Waals surface area contributed by atoms with Crippen molar-refractivity contribution in [3.05, 3.63) is 24.3 Å². The predicted octanol–water partition coefficient (Wildman–Crippen LogP) is 2.07. The van der Waals surface area contributed by atoms with Crippen molar-refractivity contribution in [3.8, 4) is 0 Å². The number of carbonyl (C=O) groups excluding carboxylic acids is 3. The van der Waals surface area contributed by atoms with Gasteiger partial charge < -0.3 is 24.4 Å². The zero-order valence-corrected chi connectivity index (χ0v) is 20.5. The van der Waals surface area contributed by atoms with Gasteiger partial charge in [0.25, 0.3) is 0 Å². The number of fused-ring (bicyclic) bond motifs is 2. The van der Waals surface area contributed by atoms with Gasteiger partial charge in [-0.15, -0.1) is 0 Å². The molecule has 0 saturated carbocycles. The Morgan fingerprint density at radius 1 is 1.18 bits per heavy atom. The number of ether oxygens (including phenoxy) is 2. The van der Waals surface area contributed by atoms with Crippen molar-refractivity contribution >= 4 is 17.8 Å². The van der Waals surface area contributed by atoms with E-state index >= 15 is 0 Å². The summed E-state index contributed by atoms with van der Waals surface area (Å²) in [7, 11) is 0. The van der Waals surface area contributed by atoms with Crippen LogP contribution in [-0.4, -0.2) is 82.8 Å². The largest absolute Gasteiger partial charge is 0.465 e. The molecule has 2 amide bonds. The first kappa shape index (κ1) is 24.9. The van der Waals surface area contributed by atoms with Crippen molar-refractivity contribution in [2.45, 2.75) is 76.7 Å². The third-order valence-electron chi connectivity index (χ3n) is 7.72. The lowest BCUT2D eigenvalue weighted by molar-refractivity contribution is -0.156. The summed E-state index contributed by atoms with van der Waals surface area (Å²) in [5, 5.41) is 10.2. The Morgan fingerprint density at radius 3 is 2.68 bits per heavy atom. The summed E-state index contributed by atoms with van der Waals surface area (Å²) in [4.78, 5) is 44.6. The van der Waals surface area contributed by atoms with Crippen molar-refractivity contribution in [2.24, 2.45) is 17.8 Å². The molecule has 0 aromatic heterocycles. The van der Waals surface area contributed by atoms with Crippen molar-refractivity contribution in [1.82, 2.24) is 9.80 Å². The molecule has 0 radical (unpaired) electrons. The van der Waals surface area contributed by atoms with Gasteiger partial charge in [-0.05, 0) is 25.2 Å². The Labute approximate surface area is 201 Å². The molecule has 8 nitrogen and oxygen atoms in total. The Morgan fingerprint density at radius 2 is 1.97 bits per heavy atom. The zero-order chi connectivity index (χ0) is 24.5. The number of esters is 1. The van der Waals surface area contributed by atoms with Crippen LogP contribution in [0, 0.1) is 17.8 Å². The molecule has 0 aliphatic carbocycles. The molecule has 34 heavy (non-hydrogen) atoms. The summed E-state index contributed by atoms with van der Waals surface area (Å²) in [6, 6.07) is -1.49. The van der Waals surface area contributed by atoms with Crippen LogP contribution in [0.2, 0.25) is 0 Å². The lowest BCUT2D eigenvalue weighted by Gasteiger charge is -2.39. The molecule has 6 atom stereocenters. The topological polar surface area (TPSA) is 96.4 Å². The van der Waals surface area contributed by atoms with Gasteiger partial charge in [-0.3, -0.25) is 14.4 Å². The van der Waals surface area contributed by atoms with Crippen LogP contribution < -0.4 is 0 Å². The molecule has 1 unspecified atom stereocenters. The lowest BCUT2D eigenvalue weighted by Crippen LogP contribution is -2.59. The van der Waals surface area contributed by atoms with Crippen molar-refractivity contribution in [1.29, 1.82) is 0 Å². The molecule has 0 bridgehead atoms. The molecule has 8 heteroatoms. The number of carbonyl (C=O) groups is 3. The first-order chi connectivity index (χ1) is 16.4. The summed E-state index contributed by atoms with van der Waals surface area (Å²) in [5.41, 5.74) is -1.27. The highest BCUT2D eigenvalue weighted by Crippen LogP contribution is 2.54. The van der Waals surface area contributed by atoms with E-state index in [9.17, 15) is 19.5 Å². The molecule has 4 rings (SSSR count). The quantitative estimate of drug-likeness (QED) is 0.345. The number of allylic oxidation sites excluding steroid dienone is 1. The fourth-order valence-corrected chi connectivity index (χ4v) is 5.97. The molecule has 4 aliphatic rings. The highest BCUT2D eigenvalue weighted by atomic mass is 16.6. The summed E-state index contributed by atoms with van der Waals surface area (Å²) >= 11 is 0. The van der Waals surface area contributed by atoms with Gasteiger partial charge in [-0.25, -0.2) is 0 Å². The number of unbranched alkanes of at least 4 members (excludes halogenated alkanes) is 2. The summed E-state index contributed by atoms with van der Waals surface area (Å²) in [6.07, 6.45) is 11.3. The van der Waals surface area contributed by atoms with Gasteiger partial charge in [-0.2, -0.15) is 0 Å². The number of hydrogen-bond donors (Lipinski definition) is 1. The van der Waals surface area contributed by atoms with Crippen LogP contribution in [0.1, 0.15) is 52.9 Å². The minimum atomic E-state index is -1.27. The fourth-order valence-electron chi connectivity index (χ4n) is 5.97. The maximum Gasteiger partial charge on any atom is 0.312 e. The number of nitrogens with zero attached hydrogens (tertiary/aromatic N) is 2. The second-order valence-corrected chi connectivity index (χ2v) is 10.2. The van der Waals surface area contributed by atoms with Crippen molar-refractivity contribution in [3.63, 3.8) is 0 Å². The van der Waals surface area contributed by atoms with E-state index in [1.165, 1.54) is 4.90 Å². The van der Waals surface area contributed by atoms with Gasteiger partial charge in [0.05, 0.1) is 31.3 Å². The van der Waals surface area contributed by atoms with E-state index in [1.54, 1.807) is 4.90 Å². The molecule has 2 fully saturated rings. The van der Waals surface area contributed by atoms with Gasteiger partial charge in [0.2, 0.25) is 11.8 Å². The van der Waals surface area contributed by atoms with Crippen LogP contribution in [0.4, 0.5) is 0 Å². The number of rotatable bonds is 7. The first-order valence-electron chi connectivity index (χ1n) is 12.8. The minimum absolute atomic E-state index is 0.0819. The van der Waals surface area contributed by atoms with Crippen LogP contribution in [0.15, 0.2) is 24.3 Å². The Kier molecular flexibility index (Phi) is 7.48. The molecule has 1 N–H and O–H groups in total. The van der Waals surface area contributed by atoms with E-state index in [2.05, 4.69) is 6.92 Å². The number of aliphatic hydroxyl groups is 1. The second-order valence-electron chi connectivity index (χ2n) is 10.2. The van der Waals surface area contributed by atoms with Crippen molar-refractivity contribution in [2.75, 3.05) is 26.3 Å². The minimum Gasteiger partial charge on any atom is -0.465 e. The Hall–Kier alpha value is -2.19. The molecule has 188 valence electrons. The lowest BCUT2D eigenvalue weighted by atomic mass is 9.78. The molecular formula is C26H38N2O6. The van der Waals surface area contributed by atoms with Crippen LogP contribution >= 0.6 is 0 Å². The van der Waals surface area contributed by atoms with Crippen LogP contribution in [0.5, 0.6) is 0 Å². The summed E-state index contributed by atoms with van der Waals surface area (Å²) in [5.74, 6) is -2.74. The first-order valence-corrected chi connectivity index (χ1v) is 12.8. The molecular weight excluding hydrogens is 436 g/mol. The monoisotopic (exact) mass is 474 g/mol. The van der Waals surface area contributed by atoms with Gasteiger partial charge in [0.1, 0.15) is 17.6 Å². The number of likely N-dealkylation sites (tertiary alicyclic amines) is 1. The molecule has 4 heterocycles. The zero-order valence-electron chi connectivity index (χ0n) is 20.5. The molecule has 0 aromatic rings. The Balaban J connectivity index is 1.80. The molecule has 2 saturated heterocycles. The number of hydrogen-bond acceptors (Lipinski definition) is 6. The van der Waals surface area contributed by atoms with Gasteiger partial charge in [0.15, 0.2) is 0 Å². The maximum absolute atomic E-state index is 14.1. The van der Waals surface area contributed by atoms with Gasteiger partial charge in [-0.1, -0.05) is 57.9 Å². The van der Waals surface area contributed by atoms with Gasteiger partial charge >= 0.3 is 5.97 Å². The fraction of sp³-hybridized carbons (Fsp3) is 0.731. The van der Waals surface area contributed by atoms with Crippen LogP contribution in [0.3, 0.4) is 0 Å². The average Bonchev–Trinajstić information content (AvgIpc) is 3.21. The van der Waals surface area contributed by atoms with Gasteiger partial charge in [0, 0.05) is 13.1 Å². The maximum atomic E-state index is 14.1. The van der Waals surface area contributed by atoms with Crippen molar-refractivity contribution < 1.29 is 29.0 Å². The third kappa shape index (κ3) is 4.09.